The Morgan fingerprint density at radius 1 is 1.19 bits per heavy atom. The molecule has 0 radical (unpaired) electrons. The molecule has 10 nitrogen and oxygen atoms in total. The van der Waals surface area contributed by atoms with E-state index in [4.69, 9.17) is 4.74 Å². The van der Waals surface area contributed by atoms with Crippen molar-refractivity contribution < 1.29 is 22.7 Å². The Bertz CT molecular complexity index is 1230. The topological polar surface area (TPSA) is 131 Å². The van der Waals surface area contributed by atoms with Crippen molar-refractivity contribution >= 4 is 32.7 Å². The van der Waals surface area contributed by atoms with E-state index in [9.17, 15) is 18.0 Å². The number of para-hydroxylation sites is 1. The number of aryl methyl sites for hydroxylation is 1. The van der Waals surface area contributed by atoms with Crippen LogP contribution in [-0.2, 0) is 32.8 Å². The van der Waals surface area contributed by atoms with E-state index in [1.165, 1.54) is 6.26 Å². The molecule has 1 aromatic carbocycles. The molecule has 4 rings (SSSR count). The zero-order valence-electron chi connectivity index (χ0n) is 21.3. The lowest BCUT2D eigenvalue weighted by molar-refractivity contribution is -0.121. The maximum atomic E-state index is 12.9. The minimum Gasteiger partial charge on any atom is -0.446 e. The predicted octanol–water partition coefficient (Wildman–Crippen LogP) is 2.13. The fourth-order valence-electron chi connectivity index (χ4n) is 5.34. The van der Waals surface area contributed by atoms with Gasteiger partial charge in [-0.25, -0.2) is 18.6 Å². The third-order valence-corrected chi connectivity index (χ3v) is 8.59. The standard InChI is InChI=1S/C25H37N5O5S/c1-5-15(2)26-25(32)35-17-11-10-16(12-17)19-13-22(29-28-19)27-23(31)14-21-24(36(4,33)34)18-8-6-7-9-20(18)30(21)3/h6-9,15-17,19,22,28-29H,5,10-14H2,1-4H3,(H,26,32)(H,27,31)/t15-,16-,17+,19?,22?/m0/s1. The molecule has 2 heterocycles. The third-order valence-electron chi connectivity index (χ3n) is 7.39. The molecule has 11 heteroatoms. The van der Waals surface area contributed by atoms with Gasteiger partial charge in [-0.05, 0) is 51.0 Å². The molecular formula is C25H37N5O5S. The Kier molecular flexibility index (Phi) is 7.91. The van der Waals surface area contributed by atoms with Crippen LogP contribution in [0.2, 0.25) is 0 Å². The lowest BCUT2D eigenvalue weighted by atomic mass is 9.96. The Morgan fingerprint density at radius 3 is 2.67 bits per heavy atom. The molecule has 36 heavy (non-hydrogen) atoms. The SMILES string of the molecule is CC[C@H](C)NC(=O)O[C@@H]1CC[C@H](C2CC(NC(=O)Cc3c(S(C)(=O)=O)c4ccccc4n3C)NN2)C1. The van der Waals surface area contributed by atoms with Crippen LogP contribution in [0.25, 0.3) is 10.9 Å². The molecule has 2 unspecified atom stereocenters. The number of alkyl carbamates (subject to hydrolysis) is 1. The maximum absolute atomic E-state index is 12.9. The van der Waals surface area contributed by atoms with Crippen molar-refractivity contribution in [1.82, 2.24) is 26.1 Å². The summed E-state index contributed by atoms with van der Waals surface area (Å²) >= 11 is 0. The summed E-state index contributed by atoms with van der Waals surface area (Å²) in [5.74, 6) is 0.0795. The maximum Gasteiger partial charge on any atom is 0.407 e. The molecule has 2 fully saturated rings. The summed E-state index contributed by atoms with van der Waals surface area (Å²) in [6.45, 7) is 3.96. The number of hydrazine groups is 1. The van der Waals surface area contributed by atoms with Gasteiger partial charge in [0, 0.05) is 42.0 Å². The smallest absolute Gasteiger partial charge is 0.407 e. The zero-order valence-corrected chi connectivity index (χ0v) is 22.2. The second kappa shape index (κ2) is 10.8. The molecule has 1 aromatic heterocycles. The van der Waals surface area contributed by atoms with Crippen molar-refractivity contribution in [3.63, 3.8) is 0 Å². The Hall–Kier alpha value is -2.63. The Morgan fingerprint density at radius 2 is 1.94 bits per heavy atom. The van der Waals surface area contributed by atoms with Crippen molar-refractivity contribution in [2.75, 3.05) is 6.26 Å². The molecule has 1 saturated heterocycles. The molecule has 1 aliphatic carbocycles. The lowest BCUT2D eigenvalue weighted by Crippen LogP contribution is -2.45. The first-order valence-corrected chi connectivity index (χ1v) is 14.5. The predicted molar refractivity (Wildman–Crippen MR) is 137 cm³/mol. The number of hydrogen-bond acceptors (Lipinski definition) is 7. The average molecular weight is 520 g/mol. The minimum absolute atomic E-state index is 0.0406. The van der Waals surface area contributed by atoms with Gasteiger partial charge in [0.05, 0.1) is 17.5 Å². The molecule has 198 valence electrons. The van der Waals surface area contributed by atoms with Crippen LogP contribution in [0.5, 0.6) is 0 Å². The average Bonchev–Trinajstić information content (AvgIpc) is 3.52. The third kappa shape index (κ3) is 5.84. The Labute approximate surface area is 212 Å². The van der Waals surface area contributed by atoms with Crippen molar-refractivity contribution in [3.8, 4) is 0 Å². The van der Waals surface area contributed by atoms with Gasteiger partial charge in [0.1, 0.15) is 6.10 Å². The van der Waals surface area contributed by atoms with Gasteiger partial charge in [-0.1, -0.05) is 25.1 Å². The number of sulfone groups is 1. The van der Waals surface area contributed by atoms with Gasteiger partial charge in [-0.15, -0.1) is 0 Å². The highest BCUT2D eigenvalue weighted by atomic mass is 32.2. The first-order chi connectivity index (χ1) is 17.1. The normalized spacial score (nSPS) is 25.1. The molecule has 2 aromatic rings. The minimum atomic E-state index is -3.52. The Balaban J connectivity index is 1.33. The summed E-state index contributed by atoms with van der Waals surface area (Å²) in [6.07, 6.45) is 4.48. The second-order valence-electron chi connectivity index (χ2n) is 10.1. The lowest BCUT2D eigenvalue weighted by Gasteiger charge is -2.19. The van der Waals surface area contributed by atoms with Crippen LogP contribution >= 0.6 is 0 Å². The van der Waals surface area contributed by atoms with Gasteiger partial charge in [0.25, 0.3) is 0 Å². The monoisotopic (exact) mass is 519 g/mol. The van der Waals surface area contributed by atoms with Crippen LogP contribution < -0.4 is 21.5 Å². The fraction of sp³-hybridized carbons (Fsp3) is 0.600. The number of fused-ring (bicyclic) bond motifs is 1. The number of aromatic nitrogens is 1. The number of benzene rings is 1. The van der Waals surface area contributed by atoms with E-state index in [2.05, 4.69) is 21.5 Å². The fourth-order valence-corrected chi connectivity index (χ4v) is 6.55. The number of rotatable bonds is 8. The van der Waals surface area contributed by atoms with Crippen LogP contribution in [0.15, 0.2) is 29.2 Å². The number of ether oxygens (including phenoxy) is 1. The van der Waals surface area contributed by atoms with Gasteiger partial charge in [-0.2, -0.15) is 0 Å². The highest BCUT2D eigenvalue weighted by Gasteiger charge is 2.37. The molecule has 1 aliphatic heterocycles. The highest BCUT2D eigenvalue weighted by Crippen LogP contribution is 2.33. The summed E-state index contributed by atoms with van der Waals surface area (Å²) < 4.78 is 32.5. The number of carbonyl (C=O) groups is 2. The van der Waals surface area contributed by atoms with Crippen molar-refractivity contribution in [1.29, 1.82) is 0 Å². The van der Waals surface area contributed by atoms with E-state index in [0.29, 0.717) is 23.4 Å². The number of hydrogen-bond donors (Lipinski definition) is 4. The van der Waals surface area contributed by atoms with Gasteiger partial charge in [-0.3, -0.25) is 10.2 Å². The molecule has 4 N–H and O–H groups in total. The van der Waals surface area contributed by atoms with Crippen molar-refractivity contribution in [2.45, 2.75) is 81.6 Å². The first-order valence-electron chi connectivity index (χ1n) is 12.6. The molecule has 0 bridgehead atoms. The van der Waals surface area contributed by atoms with Gasteiger partial charge in [0.15, 0.2) is 9.84 Å². The van der Waals surface area contributed by atoms with Crippen LogP contribution in [0, 0.1) is 5.92 Å². The summed E-state index contributed by atoms with van der Waals surface area (Å²) in [5, 5.41) is 6.45. The summed E-state index contributed by atoms with van der Waals surface area (Å²) in [4.78, 5) is 25.2. The van der Waals surface area contributed by atoms with Gasteiger partial charge in [0.2, 0.25) is 5.91 Å². The van der Waals surface area contributed by atoms with Crippen LogP contribution in [0.4, 0.5) is 4.79 Å². The van der Waals surface area contributed by atoms with Gasteiger partial charge < -0.3 is 19.9 Å². The van der Waals surface area contributed by atoms with Crippen molar-refractivity contribution in [2.24, 2.45) is 13.0 Å². The van der Waals surface area contributed by atoms with E-state index < -0.39 is 9.84 Å². The largest absolute Gasteiger partial charge is 0.446 e. The molecular weight excluding hydrogens is 482 g/mol. The molecule has 2 amide bonds. The number of amides is 2. The highest BCUT2D eigenvalue weighted by molar-refractivity contribution is 7.91. The van der Waals surface area contributed by atoms with E-state index in [1.807, 2.05) is 26.0 Å². The number of nitrogens with one attached hydrogen (secondary N) is 4. The van der Waals surface area contributed by atoms with Crippen molar-refractivity contribution in [3.05, 3.63) is 30.0 Å². The van der Waals surface area contributed by atoms with Crippen LogP contribution in [0.1, 0.15) is 51.6 Å². The van der Waals surface area contributed by atoms with Gasteiger partial charge >= 0.3 is 6.09 Å². The van der Waals surface area contributed by atoms with E-state index in [-0.39, 0.29) is 47.7 Å². The molecule has 0 spiro atoms. The zero-order chi connectivity index (χ0) is 26.0. The van der Waals surface area contributed by atoms with Crippen LogP contribution in [0.3, 0.4) is 0 Å². The quantitative estimate of drug-likeness (QED) is 0.420. The molecule has 5 atom stereocenters. The number of carbonyl (C=O) groups excluding carboxylic acids is 2. The van der Waals surface area contributed by atoms with E-state index >= 15 is 0 Å². The summed E-state index contributed by atoms with van der Waals surface area (Å²) in [5.41, 5.74) is 7.68. The summed E-state index contributed by atoms with van der Waals surface area (Å²) in [6, 6.07) is 7.50. The van der Waals surface area contributed by atoms with E-state index in [0.717, 1.165) is 31.2 Å². The summed E-state index contributed by atoms with van der Waals surface area (Å²) in [7, 11) is -1.74. The van der Waals surface area contributed by atoms with Crippen LogP contribution in [-0.4, -0.2) is 55.6 Å². The van der Waals surface area contributed by atoms with E-state index in [1.54, 1.807) is 23.7 Å². The molecule has 2 aliphatic rings. The first kappa shape index (κ1) is 26.4. The second-order valence-corrected chi connectivity index (χ2v) is 12.1. The number of nitrogens with zero attached hydrogens (tertiary/aromatic N) is 1. The molecule has 1 saturated carbocycles.